The monoisotopic (exact) mass is 347 g/mol. The van der Waals surface area contributed by atoms with Crippen LogP contribution in [-0.2, 0) is 0 Å². The van der Waals surface area contributed by atoms with Gasteiger partial charge >= 0.3 is 0 Å². The summed E-state index contributed by atoms with van der Waals surface area (Å²) in [6, 6.07) is 18.5. The molecule has 4 rings (SSSR count). The molecular weight excluding hydrogens is 322 g/mol. The molecule has 0 radical (unpaired) electrons. The summed E-state index contributed by atoms with van der Waals surface area (Å²) >= 11 is 0. The Balaban J connectivity index is 1.19. The molecule has 0 aliphatic carbocycles. The van der Waals surface area contributed by atoms with Crippen LogP contribution in [0.2, 0.25) is 0 Å². The van der Waals surface area contributed by atoms with Crippen LogP contribution < -0.4 is 10.2 Å². The molecule has 0 unspecified atom stereocenters. The number of nitrogens with one attached hydrogen (secondary N) is 1. The van der Waals surface area contributed by atoms with Crippen molar-refractivity contribution in [1.82, 2.24) is 14.9 Å². The van der Waals surface area contributed by atoms with Gasteiger partial charge in [-0.25, -0.2) is 9.97 Å². The van der Waals surface area contributed by atoms with E-state index in [-0.39, 0.29) is 0 Å². The molecule has 3 heterocycles. The number of pyridine rings is 2. The van der Waals surface area contributed by atoms with Gasteiger partial charge in [-0.2, -0.15) is 0 Å². The summed E-state index contributed by atoms with van der Waals surface area (Å²) in [5.41, 5.74) is 1.04. The fourth-order valence-corrected chi connectivity index (χ4v) is 3.42. The van der Waals surface area contributed by atoms with Gasteiger partial charge in [0.15, 0.2) is 0 Å². The predicted molar refractivity (Wildman–Crippen MR) is 108 cm³/mol. The number of rotatable bonds is 6. The van der Waals surface area contributed by atoms with Gasteiger partial charge in [-0.3, -0.25) is 4.90 Å². The smallest absolute Gasteiger partial charge is 0.128 e. The van der Waals surface area contributed by atoms with Crippen molar-refractivity contribution in [1.29, 1.82) is 0 Å². The maximum Gasteiger partial charge on any atom is 0.128 e. The molecule has 0 atom stereocenters. The summed E-state index contributed by atoms with van der Waals surface area (Å²) in [6.07, 6.45) is 2.99. The lowest BCUT2D eigenvalue weighted by Crippen LogP contribution is -2.47. The normalized spacial score (nSPS) is 15.3. The SMILES string of the molecule is c1ccc(N2CCN(CCCNc3ccc4ccccc4n3)CC2)nc1. The van der Waals surface area contributed by atoms with Crippen LogP contribution in [0.4, 0.5) is 11.6 Å². The van der Waals surface area contributed by atoms with Crippen molar-refractivity contribution in [3.63, 3.8) is 0 Å². The van der Waals surface area contributed by atoms with Crippen LogP contribution in [0.5, 0.6) is 0 Å². The Bertz CT molecular complexity index is 828. The molecule has 1 N–H and O–H groups in total. The predicted octanol–water partition coefficient (Wildman–Crippen LogP) is 3.25. The zero-order valence-corrected chi connectivity index (χ0v) is 15.0. The van der Waals surface area contributed by atoms with Crippen LogP contribution in [0.3, 0.4) is 0 Å². The third-order valence-corrected chi connectivity index (χ3v) is 4.90. The van der Waals surface area contributed by atoms with Gasteiger partial charge in [0, 0.05) is 44.3 Å². The lowest BCUT2D eigenvalue weighted by atomic mass is 10.2. The summed E-state index contributed by atoms with van der Waals surface area (Å²) < 4.78 is 0. The van der Waals surface area contributed by atoms with E-state index in [4.69, 9.17) is 0 Å². The average molecular weight is 347 g/mol. The molecule has 0 bridgehead atoms. The molecule has 0 amide bonds. The maximum atomic E-state index is 4.66. The van der Waals surface area contributed by atoms with Gasteiger partial charge in [-0.15, -0.1) is 0 Å². The van der Waals surface area contributed by atoms with Crippen molar-refractivity contribution < 1.29 is 0 Å². The second kappa shape index (κ2) is 8.15. The van der Waals surface area contributed by atoms with Gasteiger partial charge < -0.3 is 10.2 Å². The Morgan fingerprint density at radius 3 is 2.58 bits per heavy atom. The van der Waals surface area contributed by atoms with Crippen LogP contribution in [0.25, 0.3) is 10.9 Å². The highest BCUT2D eigenvalue weighted by molar-refractivity contribution is 5.80. The maximum absolute atomic E-state index is 4.66. The summed E-state index contributed by atoms with van der Waals surface area (Å²) in [6.45, 7) is 6.38. The number of para-hydroxylation sites is 1. The van der Waals surface area contributed by atoms with Gasteiger partial charge in [0.1, 0.15) is 11.6 Å². The van der Waals surface area contributed by atoms with Gasteiger partial charge in [0.05, 0.1) is 5.52 Å². The van der Waals surface area contributed by atoms with E-state index in [1.807, 2.05) is 24.4 Å². The van der Waals surface area contributed by atoms with Crippen molar-refractivity contribution >= 4 is 22.5 Å². The van der Waals surface area contributed by atoms with E-state index < -0.39 is 0 Å². The number of nitrogens with zero attached hydrogens (tertiary/aromatic N) is 4. The number of hydrogen-bond donors (Lipinski definition) is 1. The molecule has 5 heteroatoms. The molecule has 0 saturated carbocycles. The topological polar surface area (TPSA) is 44.3 Å². The quantitative estimate of drug-likeness (QED) is 0.694. The van der Waals surface area contributed by atoms with Gasteiger partial charge in [-0.05, 0) is 43.3 Å². The highest BCUT2D eigenvalue weighted by Crippen LogP contribution is 2.15. The van der Waals surface area contributed by atoms with E-state index in [1.54, 1.807) is 0 Å². The Hall–Kier alpha value is -2.66. The Morgan fingerprint density at radius 1 is 0.885 bits per heavy atom. The first-order chi connectivity index (χ1) is 12.9. The molecule has 3 aromatic rings. The average Bonchev–Trinajstić information content (AvgIpc) is 2.72. The first-order valence-corrected chi connectivity index (χ1v) is 9.36. The van der Waals surface area contributed by atoms with Crippen molar-refractivity contribution in [2.24, 2.45) is 0 Å². The van der Waals surface area contributed by atoms with Gasteiger partial charge in [0.2, 0.25) is 0 Å². The van der Waals surface area contributed by atoms with E-state index in [0.717, 1.165) is 62.8 Å². The molecule has 1 aliphatic heterocycles. The van der Waals surface area contributed by atoms with Crippen LogP contribution in [0.1, 0.15) is 6.42 Å². The number of piperazine rings is 1. The third kappa shape index (κ3) is 4.11. The van der Waals surface area contributed by atoms with Gasteiger partial charge in [0.25, 0.3) is 0 Å². The molecule has 1 fully saturated rings. The Morgan fingerprint density at radius 2 is 1.73 bits per heavy atom. The van der Waals surface area contributed by atoms with Crippen molar-refractivity contribution in [3.8, 4) is 0 Å². The molecular formula is C21H25N5. The fourth-order valence-electron chi connectivity index (χ4n) is 3.42. The minimum atomic E-state index is 0.950. The van der Waals surface area contributed by atoms with Gasteiger partial charge in [-0.1, -0.05) is 24.3 Å². The number of aromatic nitrogens is 2. The Labute approximate surface area is 154 Å². The number of benzene rings is 1. The summed E-state index contributed by atoms with van der Waals surface area (Å²) in [7, 11) is 0. The highest BCUT2D eigenvalue weighted by atomic mass is 15.3. The van der Waals surface area contributed by atoms with E-state index in [2.05, 4.69) is 61.5 Å². The molecule has 1 saturated heterocycles. The zero-order chi connectivity index (χ0) is 17.6. The van der Waals surface area contributed by atoms with Crippen LogP contribution in [0.15, 0.2) is 60.8 Å². The largest absolute Gasteiger partial charge is 0.370 e. The molecule has 2 aromatic heterocycles. The van der Waals surface area contributed by atoms with Crippen LogP contribution >= 0.6 is 0 Å². The molecule has 26 heavy (non-hydrogen) atoms. The van der Waals surface area contributed by atoms with Crippen LogP contribution in [-0.4, -0.2) is 54.1 Å². The minimum absolute atomic E-state index is 0.950. The second-order valence-electron chi connectivity index (χ2n) is 6.69. The van der Waals surface area contributed by atoms with Crippen LogP contribution in [0, 0.1) is 0 Å². The van der Waals surface area contributed by atoms with Crippen molar-refractivity contribution in [2.45, 2.75) is 6.42 Å². The highest BCUT2D eigenvalue weighted by Gasteiger charge is 2.17. The third-order valence-electron chi connectivity index (χ3n) is 4.90. The standard InChI is InChI=1S/C21H25N5/c1-2-7-19-18(6-1)9-10-20(24-19)22-12-5-13-25-14-16-26(17-15-25)21-8-3-4-11-23-21/h1-4,6-11H,5,12-17H2,(H,22,24). The zero-order valence-electron chi connectivity index (χ0n) is 15.0. The summed E-state index contributed by atoms with van der Waals surface area (Å²) in [4.78, 5) is 14.0. The van der Waals surface area contributed by atoms with E-state index in [1.165, 1.54) is 5.39 Å². The minimum Gasteiger partial charge on any atom is -0.370 e. The number of anilines is 2. The molecule has 0 spiro atoms. The molecule has 1 aliphatic rings. The van der Waals surface area contributed by atoms with E-state index >= 15 is 0 Å². The number of hydrogen-bond acceptors (Lipinski definition) is 5. The molecule has 134 valence electrons. The fraction of sp³-hybridized carbons (Fsp3) is 0.333. The lowest BCUT2D eigenvalue weighted by Gasteiger charge is -2.35. The van der Waals surface area contributed by atoms with Crippen molar-refractivity contribution in [2.75, 3.05) is 49.5 Å². The summed E-state index contributed by atoms with van der Waals surface area (Å²) in [5, 5.41) is 4.64. The van der Waals surface area contributed by atoms with E-state index in [9.17, 15) is 0 Å². The lowest BCUT2D eigenvalue weighted by molar-refractivity contribution is 0.256. The van der Waals surface area contributed by atoms with Crippen molar-refractivity contribution in [3.05, 3.63) is 60.8 Å². The molecule has 1 aromatic carbocycles. The van der Waals surface area contributed by atoms with E-state index in [0.29, 0.717) is 0 Å². The Kier molecular flexibility index (Phi) is 5.26. The number of fused-ring (bicyclic) bond motifs is 1. The second-order valence-corrected chi connectivity index (χ2v) is 6.69. The first-order valence-electron chi connectivity index (χ1n) is 9.36. The first kappa shape index (κ1) is 16.8. The molecule has 5 nitrogen and oxygen atoms in total. The summed E-state index contributed by atoms with van der Waals surface area (Å²) in [5.74, 6) is 2.06.